The van der Waals surface area contributed by atoms with Crippen molar-refractivity contribution in [2.24, 2.45) is 0 Å². The number of carboxylic acids is 1. The number of rotatable bonds is 7. The third-order valence-electron chi connectivity index (χ3n) is 3.74. The maximum absolute atomic E-state index is 10.5. The molecule has 0 bridgehead atoms. The van der Waals surface area contributed by atoms with E-state index in [1.165, 1.54) is 11.1 Å². The number of aliphatic carboxylic acids is 1. The Hall–Kier alpha value is -2.29. The van der Waals surface area contributed by atoms with E-state index in [1.54, 1.807) is 0 Å². The molecule has 0 unspecified atom stereocenters. The van der Waals surface area contributed by atoms with Crippen LogP contribution in [-0.2, 0) is 17.8 Å². The van der Waals surface area contributed by atoms with Crippen molar-refractivity contribution in [3.8, 4) is 5.75 Å². The number of benzene rings is 2. The van der Waals surface area contributed by atoms with Crippen LogP contribution in [0.3, 0.4) is 0 Å². The van der Waals surface area contributed by atoms with Crippen molar-refractivity contribution in [1.29, 1.82) is 0 Å². The molecule has 0 radical (unpaired) electrons. The predicted molar refractivity (Wildman–Crippen MR) is 87.3 cm³/mol. The van der Waals surface area contributed by atoms with E-state index in [-0.39, 0.29) is 6.42 Å². The lowest BCUT2D eigenvalue weighted by Gasteiger charge is -2.12. The average Bonchev–Trinajstić information content (AvgIpc) is 2.47. The third-order valence-corrected chi connectivity index (χ3v) is 3.74. The van der Waals surface area contributed by atoms with Crippen LogP contribution in [0.5, 0.6) is 5.75 Å². The minimum Gasteiger partial charge on any atom is -0.489 e. The fraction of sp³-hybridized carbons (Fsp3) is 0.316. The van der Waals surface area contributed by atoms with Gasteiger partial charge in [-0.05, 0) is 55.0 Å². The SMILES string of the molecule is Cc1ccccc1COc1ccc(CCCC(=O)O)cc1C. The molecule has 116 valence electrons. The van der Waals surface area contributed by atoms with Crippen LogP contribution in [0.15, 0.2) is 42.5 Å². The maximum atomic E-state index is 10.5. The van der Waals surface area contributed by atoms with Crippen LogP contribution in [0.2, 0.25) is 0 Å². The van der Waals surface area contributed by atoms with Crippen LogP contribution in [0, 0.1) is 13.8 Å². The zero-order valence-corrected chi connectivity index (χ0v) is 13.1. The Balaban J connectivity index is 1.95. The van der Waals surface area contributed by atoms with Crippen molar-refractivity contribution in [2.45, 2.75) is 39.7 Å². The van der Waals surface area contributed by atoms with Gasteiger partial charge in [0, 0.05) is 6.42 Å². The van der Waals surface area contributed by atoms with Gasteiger partial charge >= 0.3 is 5.97 Å². The van der Waals surface area contributed by atoms with E-state index >= 15 is 0 Å². The molecule has 2 aromatic rings. The summed E-state index contributed by atoms with van der Waals surface area (Å²) in [6.07, 6.45) is 1.66. The molecule has 1 N–H and O–H groups in total. The van der Waals surface area contributed by atoms with E-state index in [0.717, 1.165) is 23.3 Å². The number of ether oxygens (including phenoxy) is 1. The normalized spacial score (nSPS) is 10.5. The number of hydrogen-bond acceptors (Lipinski definition) is 2. The smallest absolute Gasteiger partial charge is 0.303 e. The van der Waals surface area contributed by atoms with Gasteiger partial charge in [-0.15, -0.1) is 0 Å². The van der Waals surface area contributed by atoms with Crippen molar-refractivity contribution in [3.63, 3.8) is 0 Å². The molecule has 0 spiro atoms. The van der Waals surface area contributed by atoms with Crippen LogP contribution in [0.4, 0.5) is 0 Å². The summed E-state index contributed by atoms with van der Waals surface area (Å²) >= 11 is 0. The Bertz CT molecular complexity index is 647. The van der Waals surface area contributed by atoms with Crippen molar-refractivity contribution in [1.82, 2.24) is 0 Å². The molecule has 3 nitrogen and oxygen atoms in total. The van der Waals surface area contributed by atoms with E-state index < -0.39 is 5.97 Å². The topological polar surface area (TPSA) is 46.5 Å². The summed E-state index contributed by atoms with van der Waals surface area (Å²) in [7, 11) is 0. The van der Waals surface area contributed by atoms with Gasteiger partial charge in [-0.1, -0.05) is 36.4 Å². The summed E-state index contributed by atoms with van der Waals surface area (Å²) in [5.41, 5.74) is 4.65. The van der Waals surface area contributed by atoms with Gasteiger partial charge in [0.1, 0.15) is 12.4 Å². The summed E-state index contributed by atoms with van der Waals surface area (Å²) in [4.78, 5) is 10.5. The highest BCUT2D eigenvalue weighted by atomic mass is 16.5. The minimum absolute atomic E-state index is 0.213. The molecule has 22 heavy (non-hydrogen) atoms. The number of hydrogen-bond donors (Lipinski definition) is 1. The fourth-order valence-corrected chi connectivity index (χ4v) is 2.40. The average molecular weight is 298 g/mol. The highest BCUT2D eigenvalue weighted by molar-refractivity contribution is 5.66. The van der Waals surface area contributed by atoms with E-state index in [1.807, 2.05) is 31.2 Å². The van der Waals surface area contributed by atoms with Crippen molar-refractivity contribution in [3.05, 3.63) is 64.7 Å². The summed E-state index contributed by atoms with van der Waals surface area (Å²) in [6, 6.07) is 14.3. The van der Waals surface area contributed by atoms with Crippen LogP contribution in [-0.4, -0.2) is 11.1 Å². The zero-order chi connectivity index (χ0) is 15.9. The number of carboxylic acid groups (broad SMARTS) is 1. The van der Waals surface area contributed by atoms with Crippen LogP contribution in [0.1, 0.15) is 35.1 Å². The standard InChI is InChI=1S/C19H22O3/c1-14-6-3-4-8-17(14)13-22-18-11-10-16(12-15(18)2)7-5-9-19(20)21/h3-4,6,8,10-12H,5,7,9,13H2,1-2H3,(H,20,21). The summed E-state index contributed by atoms with van der Waals surface area (Å²) in [5.74, 6) is 0.139. The molecule has 0 amide bonds. The first-order chi connectivity index (χ1) is 10.6. The molecule has 0 aliphatic rings. The van der Waals surface area contributed by atoms with Gasteiger partial charge < -0.3 is 9.84 Å². The van der Waals surface area contributed by atoms with Crippen molar-refractivity contribution in [2.75, 3.05) is 0 Å². The first-order valence-electron chi connectivity index (χ1n) is 7.55. The highest BCUT2D eigenvalue weighted by Crippen LogP contribution is 2.22. The van der Waals surface area contributed by atoms with Gasteiger partial charge in [-0.25, -0.2) is 0 Å². The Morgan fingerprint density at radius 3 is 2.55 bits per heavy atom. The number of aryl methyl sites for hydroxylation is 3. The predicted octanol–water partition coefficient (Wildman–Crippen LogP) is 4.29. The molecule has 2 aromatic carbocycles. The van der Waals surface area contributed by atoms with Gasteiger partial charge in [-0.2, -0.15) is 0 Å². The molecule has 0 aromatic heterocycles. The highest BCUT2D eigenvalue weighted by Gasteiger charge is 2.04. The lowest BCUT2D eigenvalue weighted by molar-refractivity contribution is -0.137. The monoisotopic (exact) mass is 298 g/mol. The molecular weight excluding hydrogens is 276 g/mol. The Kier molecular flexibility index (Phi) is 5.59. The van der Waals surface area contributed by atoms with Gasteiger partial charge in [0.25, 0.3) is 0 Å². The van der Waals surface area contributed by atoms with E-state index in [0.29, 0.717) is 13.0 Å². The molecule has 0 heterocycles. The van der Waals surface area contributed by atoms with Crippen molar-refractivity contribution < 1.29 is 14.6 Å². The summed E-state index contributed by atoms with van der Waals surface area (Å²) in [5, 5.41) is 8.67. The second-order valence-corrected chi connectivity index (χ2v) is 5.56. The zero-order valence-electron chi connectivity index (χ0n) is 13.1. The molecule has 0 aliphatic carbocycles. The van der Waals surface area contributed by atoms with Crippen LogP contribution >= 0.6 is 0 Å². The Labute approximate surface area is 131 Å². The summed E-state index contributed by atoms with van der Waals surface area (Å²) in [6.45, 7) is 4.66. The molecule has 3 heteroatoms. The van der Waals surface area contributed by atoms with Crippen molar-refractivity contribution >= 4 is 5.97 Å². The molecule has 2 rings (SSSR count). The van der Waals surface area contributed by atoms with Crippen LogP contribution in [0.25, 0.3) is 0 Å². The van der Waals surface area contributed by atoms with Gasteiger partial charge in [0.05, 0.1) is 0 Å². The largest absolute Gasteiger partial charge is 0.489 e. The lowest BCUT2D eigenvalue weighted by atomic mass is 10.0. The first kappa shape index (κ1) is 16.1. The van der Waals surface area contributed by atoms with Gasteiger partial charge in [0.2, 0.25) is 0 Å². The van der Waals surface area contributed by atoms with E-state index in [4.69, 9.17) is 9.84 Å². The fourth-order valence-electron chi connectivity index (χ4n) is 2.40. The molecule has 0 saturated heterocycles. The third kappa shape index (κ3) is 4.62. The van der Waals surface area contributed by atoms with E-state index in [9.17, 15) is 4.79 Å². The quantitative estimate of drug-likeness (QED) is 0.829. The van der Waals surface area contributed by atoms with Gasteiger partial charge in [-0.3, -0.25) is 4.79 Å². The lowest BCUT2D eigenvalue weighted by Crippen LogP contribution is -2.00. The second kappa shape index (κ2) is 7.64. The van der Waals surface area contributed by atoms with Gasteiger partial charge in [0.15, 0.2) is 0 Å². The Morgan fingerprint density at radius 2 is 1.86 bits per heavy atom. The summed E-state index contributed by atoms with van der Waals surface area (Å²) < 4.78 is 5.91. The number of carbonyl (C=O) groups is 1. The first-order valence-corrected chi connectivity index (χ1v) is 7.55. The molecule has 0 atom stereocenters. The molecule has 0 aliphatic heterocycles. The molecule has 0 fully saturated rings. The minimum atomic E-state index is -0.741. The second-order valence-electron chi connectivity index (χ2n) is 5.56. The molecular formula is C19H22O3. The van der Waals surface area contributed by atoms with E-state index in [2.05, 4.69) is 25.1 Å². The molecule has 0 saturated carbocycles. The maximum Gasteiger partial charge on any atom is 0.303 e. The Morgan fingerprint density at radius 1 is 1.09 bits per heavy atom. The van der Waals surface area contributed by atoms with Crippen LogP contribution < -0.4 is 4.74 Å².